The molecule has 2 N–H and O–H groups in total. The van der Waals surface area contributed by atoms with Crippen molar-refractivity contribution in [2.45, 2.75) is 6.04 Å². The number of ether oxygens (including phenoxy) is 1. The molecule has 1 unspecified atom stereocenters. The van der Waals surface area contributed by atoms with Crippen LogP contribution in [0, 0.1) is 0 Å². The highest BCUT2D eigenvalue weighted by molar-refractivity contribution is 7.10. The van der Waals surface area contributed by atoms with E-state index < -0.39 is 5.97 Å². The SMILES string of the molecule is O=C(O)c1cccc(NCC(c2cccs2)N2CCOCC2)n1. The van der Waals surface area contributed by atoms with E-state index in [2.05, 4.69) is 32.7 Å². The average molecular weight is 333 g/mol. The van der Waals surface area contributed by atoms with Crippen molar-refractivity contribution in [1.82, 2.24) is 9.88 Å². The minimum Gasteiger partial charge on any atom is -0.477 e. The van der Waals surface area contributed by atoms with Crippen LogP contribution in [0.1, 0.15) is 21.4 Å². The van der Waals surface area contributed by atoms with Crippen LogP contribution in [0.4, 0.5) is 5.82 Å². The molecule has 6 nitrogen and oxygen atoms in total. The fraction of sp³-hybridized carbons (Fsp3) is 0.375. The van der Waals surface area contributed by atoms with E-state index in [4.69, 9.17) is 9.84 Å². The van der Waals surface area contributed by atoms with Gasteiger partial charge in [0.05, 0.1) is 19.3 Å². The lowest BCUT2D eigenvalue weighted by Gasteiger charge is -2.34. The van der Waals surface area contributed by atoms with Crippen LogP contribution in [0.2, 0.25) is 0 Å². The first-order chi connectivity index (χ1) is 11.2. The van der Waals surface area contributed by atoms with Crippen LogP contribution in [-0.2, 0) is 4.74 Å². The highest BCUT2D eigenvalue weighted by atomic mass is 32.1. The Labute approximate surface area is 138 Å². The van der Waals surface area contributed by atoms with Crippen LogP contribution >= 0.6 is 11.3 Å². The quantitative estimate of drug-likeness (QED) is 0.845. The van der Waals surface area contributed by atoms with Gasteiger partial charge in [0.1, 0.15) is 5.82 Å². The first-order valence-corrected chi connectivity index (χ1v) is 8.41. The predicted molar refractivity (Wildman–Crippen MR) is 89.1 cm³/mol. The molecule has 0 bridgehead atoms. The molecule has 1 atom stereocenters. The largest absolute Gasteiger partial charge is 0.477 e. The van der Waals surface area contributed by atoms with Crippen molar-refractivity contribution in [3.05, 3.63) is 46.3 Å². The molecule has 23 heavy (non-hydrogen) atoms. The molecule has 3 rings (SSSR count). The normalized spacial score (nSPS) is 16.9. The number of carboxylic acid groups (broad SMARTS) is 1. The standard InChI is InChI=1S/C16H19N3O3S/c20-16(21)12-3-1-5-15(18-12)17-11-13(14-4-2-10-23-14)19-6-8-22-9-7-19/h1-5,10,13H,6-9,11H2,(H,17,18)(H,20,21). The molecular formula is C16H19N3O3S. The van der Waals surface area contributed by atoms with Crippen LogP contribution in [0.15, 0.2) is 35.7 Å². The van der Waals surface area contributed by atoms with Crippen LogP contribution in [0.3, 0.4) is 0 Å². The monoisotopic (exact) mass is 333 g/mol. The van der Waals surface area contributed by atoms with Gasteiger partial charge in [-0.3, -0.25) is 4.90 Å². The van der Waals surface area contributed by atoms with E-state index >= 15 is 0 Å². The van der Waals surface area contributed by atoms with Crippen molar-refractivity contribution in [2.24, 2.45) is 0 Å². The molecule has 3 heterocycles. The molecule has 2 aromatic heterocycles. The number of anilines is 1. The number of hydrogen-bond acceptors (Lipinski definition) is 6. The number of aromatic nitrogens is 1. The van der Waals surface area contributed by atoms with Gasteiger partial charge in [-0.15, -0.1) is 11.3 Å². The second-order valence-corrected chi connectivity index (χ2v) is 6.25. The highest BCUT2D eigenvalue weighted by Gasteiger charge is 2.23. The number of rotatable bonds is 6. The Hall–Kier alpha value is -1.96. The molecule has 122 valence electrons. The van der Waals surface area contributed by atoms with Gasteiger partial charge in [-0.05, 0) is 23.6 Å². The molecule has 0 saturated carbocycles. The van der Waals surface area contributed by atoms with Crippen LogP contribution in [-0.4, -0.2) is 53.8 Å². The minimum atomic E-state index is -1.02. The number of pyridine rings is 1. The lowest BCUT2D eigenvalue weighted by molar-refractivity contribution is 0.0194. The first-order valence-electron chi connectivity index (χ1n) is 7.53. The summed E-state index contributed by atoms with van der Waals surface area (Å²) in [6.45, 7) is 3.96. The van der Waals surface area contributed by atoms with E-state index in [1.54, 1.807) is 23.5 Å². The summed E-state index contributed by atoms with van der Waals surface area (Å²) in [5.41, 5.74) is 0.0500. The van der Waals surface area contributed by atoms with Gasteiger partial charge in [0, 0.05) is 24.5 Å². The Morgan fingerprint density at radius 2 is 2.17 bits per heavy atom. The Kier molecular flexibility index (Phi) is 5.22. The van der Waals surface area contributed by atoms with Gasteiger partial charge in [0.2, 0.25) is 0 Å². The summed E-state index contributed by atoms with van der Waals surface area (Å²) in [5.74, 6) is -0.434. The van der Waals surface area contributed by atoms with E-state index in [-0.39, 0.29) is 11.7 Å². The smallest absolute Gasteiger partial charge is 0.354 e. The van der Waals surface area contributed by atoms with E-state index in [0.29, 0.717) is 12.4 Å². The summed E-state index contributed by atoms with van der Waals surface area (Å²) in [4.78, 5) is 18.8. The lowest BCUT2D eigenvalue weighted by Crippen LogP contribution is -2.41. The summed E-state index contributed by atoms with van der Waals surface area (Å²) >= 11 is 1.73. The summed E-state index contributed by atoms with van der Waals surface area (Å²) < 4.78 is 5.44. The fourth-order valence-corrected chi connectivity index (χ4v) is 3.49. The summed E-state index contributed by atoms with van der Waals surface area (Å²) in [5, 5.41) is 14.4. The van der Waals surface area contributed by atoms with Gasteiger partial charge in [0.25, 0.3) is 0 Å². The van der Waals surface area contributed by atoms with Crippen LogP contribution < -0.4 is 5.32 Å². The highest BCUT2D eigenvalue weighted by Crippen LogP contribution is 2.26. The average Bonchev–Trinajstić information content (AvgIpc) is 3.11. The summed E-state index contributed by atoms with van der Waals surface area (Å²) in [6.07, 6.45) is 0. The van der Waals surface area contributed by atoms with Crippen molar-refractivity contribution in [1.29, 1.82) is 0 Å². The van der Waals surface area contributed by atoms with Gasteiger partial charge in [0.15, 0.2) is 5.69 Å². The molecule has 1 aliphatic rings. The number of carbonyl (C=O) groups is 1. The molecule has 2 aromatic rings. The van der Waals surface area contributed by atoms with Gasteiger partial charge < -0.3 is 15.2 Å². The molecule has 0 amide bonds. The van der Waals surface area contributed by atoms with Gasteiger partial charge in [-0.2, -0.15) is 0 Å². The maximum absolute atomic E-state index is 11.0. The predicted octanol–water partition coefficient (Wildman–Crippen LogP) is 2.33. The lowest BCUT2D eigenvalue weighted by atomic mass is 10.2. The number of thiophene rings is 1. The maximum atomic E-state index is 11.0. The maximum Gasteiger partial charge on any atom is 0.354 e. The van der Waals surface area contributed by atoms with Crippen molar-refractivity contribution in [2.75, 3.05) is 38.2 Å². The third-order valence-corrected chi connectivity index (χ3v) is 4.78. The van der Waals surface area contributed by atoms with E-state index in [0.717, 1.165) is 26.3 Å². The Balaban J connectivity index is 1.71. The zero-order chi connectivity index (χ0) is 16.1. The Morgan fingerprint density at radius 3 is 2.87 bits per heavy atom. The third kappa shape index (κ3) is 4.07. The minimum absolute atomic E-state index is 0.0500. The Bertz CT molecular complexity index is 642. The first kappa shape index (κ1) is 15.9. The van der Waals surface area contributed by atoms with E-state index in [9.17, 15) is 4.79 Å². The summed E-state index contributed by atoms with van der Waals surface area (Å²) in [7, 11) is 0. The number of nitrogens with one attached hydrogen (secondary N) is 1. The van der Waals surface area contributed by atoms with Gasteiger partial charge >= 0.3 is 5.97 Å². The van der Waals surface area contributed by atoms with Crippen LogP contribution in [0.25, 0.3) is 0 Å². The number of hydrogen-bond donors (Lipinski definition) is 2. The number of nitrogens with zero attached hydrogens (tertiary/aromatic N) is 2. The zero-order valence-corrected chi connectivity index (χ0v) is 13.5. The van der Waals surface area contributed by atoms with Crippen molar-refractivity contribution < 1.29 is 14.6 Å². The molecule has 1 saturated heterocycles. The van der Waals surface area contributed by atoms with Crippen LogP contribution in [0.5, 0.6) is 0 Å². The van der Waals surface area contributed by atoms with Gasteiger partial charge in [-0.1, -0.05) is 12.1 Å². The molecule has 0 aromatic carbocycles. The zero-order valence-electron chi connectivity index (χ0n) is 12.6. The molecule has 0 radical (unpaired) electrons. The second kappa shape index (κ2) is 7.54. The third-order valence-electron chi connectivity index (χ3n) is 3.80. The Morgan fingerprint density at radius 1 is 1.35 bits per heavy atom. The number of carboxylic acids is 1. The molecule has 1 fully saturated rings. The molecule has 1 aliphatic heterocycles. The van der Waals surface area contributed by atoms with E-state index in [1.165, 1.54) is 10.9 Å². The van der Waals surface area contributed by atoms with Crippen molar-refractivity contribution in [3.63, 3.8) is 0 Å². The molecular weight excluding hydrogens is 314 g/mol. The second-order valence-electron chi connectivity index (χ2n) is 5.27. The molecule has 7 heteroatoms. The number of morpholine rings is 1. The molecule has 0 spiro atoms. The topological polar surface area (TPSA) is 74.7 Å². The van der Waals surface area contributed by atoms with Crippen molar-refractivity contribution >= 4 is 23.1 Å². The number of aromatic carboxylic acids is 1. The van der Waals surface area contributed by atoms with Gasteiger partial charge in [-0.25, -0.2) is 9.78 Å². The molecule has 0 aliphatic carbocycles. The van der Waals surface area contributed by atoms with Crippen molar-refractivity contribution in [3.8, 4) is 0 Å². The fourth-order valence-electron chi connectivity index (χ4n) is 2.63. The van der Waals surface area contributed by atoms with E-state index in [1.807, 2.05) is 0 Å². The summed E-state index contributed by atoms with van der Waals surface area (Å²) in [6, 6.07) is 9.40.